The lowest BCUT2D eigenvalue weighted by molar-refractivity contribution is -0.107. The van der Waals surface area contributed by atoms with Crippen LogP contribution in [0.4, 0.5) is 0 Å². The van der Waals surface area contributed by atoms with Crippen LogP contribution in [0.3, 0.4) is 0 Å². The molecule has 2 rings (SSSR count). The molecule has 0 fully saturated rings. The van der Waals surface area contributed by atoms with Gasteiger partial charge in [-0.1, -0.05) is 0 Å². The molecule has 0 atom stereocenters. The van der Waals surface area contributed by atoms with E-state index in [4.69, 9.17) is 4.74 Å². The van der Waals surface area contributed by atoms with Crippen LogP contribution in [0.25, 0.3) is 10.9 Å². The molecule has 3 nitrogen and oxygen atoms in total. The summed E-state index contributed by atoms with van der Waals surface area (Å²) in [5, 5.41) is 1.08. The zero-order valence-electron chi connectivity index (χ0n) is 7.91. The van der Waals surface area contributed by atoms with E-state index in [1.54, 1.807) is 7.11 Å². The zero-order chi connectivity index (χ0) is 9.97. The number of hydrogen-bond donors (Lipinski definition) is 1. The van der Waals surface area contributed by atoms with Gasteiger partial charge in [0.2, 0.25) is 0 Å². The van der Waals surface area contributed by atoms with Crippen molar-refractivity contribution in [1.82, 2.24) is 4.98 Å². The van der Waals surface area contributed by atoms with Gasteiger partial charge in [0, 0.05) is 29.6 Å². The Hall–Kier alpha value is -1.77. The number of ether oxygens (including phenoxy) is 1. The highest BCUT2D eigenvalue weighted by Crippen LogP contribution is 2.22. The van der Waals surface area contributed by atoms with Crippen molar-refractivity contribution in [1.29, 1.82) is 0 Å². The highest BCUT2D eigenvalue weighted by atomic mass is 16.5. The van der Waals surface area contributed by atoms with E-state index in [0.717, 1.165) is 28.5 Å². The van der Waals surface area contributed by atoms with Crippen LogP contribution in [0.2, 0.25) is 0 Å². The fraction of sp³-hybridized carbons (Fsp3) is 0.182. The maximum absolute atomic E-state index is 10.4. The van der Waals surface area contributed by atoms with Gasteiger partial charge in [-0.05, 0) is 17.7 Å². The molecule has 1 aromatic heterocycles. The van der Waals surface area contributed by atoms with E-state index in [-0.39, 0.29) is 0 Å². The number of benzene rings is 1. The predicted octanol–water partition coefficient (Wildman–Crippen LogP) is 1.92. The first kappa shape index (κ1) is 8.81. The first-order valence-electron chi connectivity index (χ1n) is 4.43. The summed E-state index contributed by atoms with van der Waals surface area (Å²) in [6, 6.07) is 5.78. The molecular weight excluding hydrogens is 178 g/mol. The Labute approximate surface area is 81.7 Å². The quantitative estimate of drug-likeness (QED) is 0.749. The second kappa shape index (κ2) is 3.54. The first-order chi connectivity index (χ1) is 6.85. The van der Waals surface area contributed by atoms with Gasteiger partial charge in [-0.25, -0.2) is 0 Å². The molecule has 0 unspecified atom stereocenters. The summed E-state index contributed by atoms with van der Waals surface area (Å²) in [4.78, 5) is 13.5. The third-order valence-corrected chi connectivity index (χ3v) is 2.28. The Balaban J connectivity index is 2.53. The van der Waals surface area contributed by atoms with Crippen molar-refractivity contribution in [2.45, 2.75) is 6.42 Å². The lowest BCUT2D eigenvalue weighted by atomic mass is 10.1. The molecule has 1 N–H and O–H groups in total. The maximum Gasteiger partial charge on any atom is 0.124 e. The second-order valence-corrected chi connectivity index (χ2v) is 3.10. The van der Waals surface area contributed by atoms with Gasteiger partial charge >= 0.3 is 0 Å². The molecule has 2 aromatic rings. The van der Waals surface area contributed by atoms with Crippen molar-refractivity contribution in [3.8, 4) is 5.75 Å². The summed E-state index contributed by atoms with van der Waals surface area (Å²) in [5.74, 6) is 0.817. The number of rotatable bonds is 3. The average Bonchev–Trinajstić information content (AvgIpc) is 2.61. The molecule has 14 heavy (non-hydrogen) atoms. The Morgan fingerprint density at radius 2 is 2.36 bits per heavy atom. The summed E-state index contributed by atoms with van der Waals surface area (Å²) >= 11 is 0. The van der Waals surface area contributed by atoms with Crippen LogP contribution in [-0.4, -0.2) is 18.4 Å². The predicted molar refractivity (Wildman–Crippen MR) is 54.6 cm³/mol. The van der Waals surface area contributed by atoms with Crippen molar-refractivity contribution < 1.29 is 9.53 Å². The van der Waals surface area contributed by atoms with Crippen LogP contribution in [0.15, 0.2) is 24.4 Å². The van der Waals surface area contributed by atoms with E-state index in [2.05, 4.69) is 4.98 Å². The lowest BCUT2D eigenvalue weighted by Crippen LogP contribution is -1.84. The monoisotopic (exact) mass is 189 g/mol. The van der Waals surface area contributed by atoms with Crippen LogP contribution < -0.4 is 4.74 Å². The summed E-state index contributed by atoms with van der Waals surface area (Å²) in [5.41, 5.74) is 2.03. The number of hydrogen-bond acceptors (Lipinski definition) is 2. The summed E-state index contributed by atoms with van der Waals surface area (Å²) in [6.45, 7) is 0. The molecule has 1 heterocycles. The summed E-state index contributed by atoms with van der Waals surface area (Å²) in [6.07, 6.45) is 3.22. The maximum atomic E-state index is 10.4. The lowest BCUT2D eigenvalue weighted by Gasteiger charge is -1.99. The van der Waals surface area contributed by atoms with Crippen molar-refractivity contribution >= 4 is 17.2 Å². The average molecular weight is 189 g/mol. The number of aldehydes is 1. The first-order valence-corrected chi connectivity index (χ1v) is 4.43. The third-order valence-electron chi connectivity index (χ3n) is 2.28. The van der Waals surface area contributed by atoms with Crippen LogP contribution in [0, 0.1) is 0 Å². The minimum Gasteiger partial charge on any atom is -0.497 e. The molecule has 72 valence electrons. The van der Waals surface area contributed by atoms with Gasteiger partial charge in [0.1, 0.15) is 12.0 Å². The molecule has 0 aliphatic carbocycles. The number of carbonyl (C=O) groups excluding carboxylic acids is 1. The van der Waals surface area contributed by atoms with Crippen LogP contribution in [0.1, 0.15) is 5.56 Å². The number of nitrogens with one attached hydrogen (secondary N) is 1. The number of aromatic amines is 1. The smallest absolute Gasteiger partial charge is 0.124 e. The van der Waals surface area contributed by atoms with Gasteiger partial charge in [0.15, 0.2) is 0 Å². The standard InChI is InChI=1S/C11H11NO2/c1-14-9-2-3-10-8(4-5-13)7-12-11(10)6-9/h2-3,5-7,12H,4H2,1H3. The van der Waals surface area contributed by atoms with Crippen molar-refractivity contribution in [3.05, 3.63) is 30.0 Å². The SMILES string of the molecule is COc1ccc2c(CC=O)c[nH]c2c1. The van der Waals surface area contributed by atoms with Crippen molar-refractivity contribution in [3.63, 3.8) is 0 Å². The zero-order valence-corrected chi connectivity index (χ0v) is 7.91. The number of methoxy groups -OCH3 is 1. The summed E-state index contributed by atoms with van der Waals surface area (Å²) in [7, 11) is 1.64. The van der Waals surface area contributed by atoms with E-state index < -0.39 is 0 Å². The van der Waals surface area contributed by atoms with Gasteiger partial charge < -0.3 is 14.5 Å². The van der Waals surface area contributed by atoms with Crippen molar-refractivity contribution in [2.75, 3.05) is 7.11 Å². The van der Waals surface area contributed by atoms with Gasteiger partial charge in [0.05, 0.1) is 7.11 Å². The number of H-pyrrole nitrogens is 1. The minimum absolute atomic E-state index is 0.451. The van der Waals surface area contributed by atoms with E-state index >= 15 is 0 Å². The normalized spacial score (nSPS) is 10.4. The highest BCUT2D eigenvalue weighted by molar-refractivity contribution is 5.86. The van der Waals surface area contributed by atoms with Gasteiger partial charge in [0.25, 0.3) is 0 Å². The van der Waals surface area contributed by atoms with Gasteiger partial charge in [-0.2, -0.15) is 0 Å². The molecular formula is C11H11NO2. The van der Waals surface area contributed by atoms with Crippen LogP contribution >= 0.6 is 0 Å². The Bertz CT molecular complexity index is 459. The topological polar surface area (TPSA) is 42.1 Å². The van der Waals surface area contributed by atoms with Gasteiger partial charge in [-0.15, -0.1) is 0 Å². The largest absolute Gasteiger partial charge is 0.497 e. The Morgan fingerprint density at radius 1 is 1.50 bits per heavy atom. The minimum atomic E-state index is 0.451. The molecule has 3 heteroatoms. The number of carbonyl (C=O) groups is 1. The van der Waals surface area contributed by atoms with E-state index in [0.29, 0.717) is 6.42 Å². The van der Waals surface area contributed by atoms with E-state index in [9.17, 15) is 4.79 Å². The molecule has 1 aromatic carbocycles. The van der Waals surface area contributed by atoms with Crippen LogP contribution in [-0.2, 0) is 11.2 Å². The van der Waals surface area contributed by atoms with Crippen LogP contribution in [0.5, 0.6) is 5.75 Å². The molecule has 0 amide bonds. The fourth-order valence-corrected chi connectivity index (χ4v) is 1.55. The van der Waals surface area contributed by atoms with E-state index in [1.165, 1.54) is 0 Å². The molecule has 0 aliphatic rings. The third kappa shape index (κ3) is 1.37. The van der Waals surface area contributed by atoms with Gasteiger partial charge in [-0.3, -0.25) is 0 Å². The van der Waals surface area contributed by atoms with E-state index in [1.807, 2.05) is 24.4 Å². The Morgan fingerprint density at radius 3 is 3.07 bits per heavy atom. The molecule has 0 aliphatic heterocycles. The number of aromatic nitrogens is 1. The number of fused-ring (bicyclic) bond motifs is 1. The second-order valence-electron chi connectivity index (χ2n) is 3.10. The summed E-state index contributed by atoms with van der Waals surface area (Å²) < 4.78 is 5.10. The fourth-order valence-electron chi connectivity index (χ4n) is 1.55. The molecule has 0 saturated heterocycles. The molecule has 0 saturated carbocycles. The molecule has 0 bridgehead atoms. The molecule has 0 spiro atoms. The van der Waals surface area contributed by atoms with Crippen molar-refractivity contribution in [2.24, 2.45) is 0 Å². The molecule has 0 radical (unpaired) electrons. The highest BCUT2D eigenvalue weighted by Gasteiger charge is 2.03. The Kier molecular flexibility index (Phi) is 2.23.